The summed E-state index contributed by atoms with van der Waals surface area (Å²) in [7, 11) is 1.74. The summed E-state index contributed by atoms with van der Waals surface area (Å²) in [6.45, 7) is 9.96. The monoisotopic (exact) mass is 441 g/mol. The van der Waals surface area contributed by atoms with Gasteiger partial charge in [0.05, 0.1) is 23.4 Å². The zero-order valence-corrected chi connectivity index (χ0v) is 19.5. The summed E-state index contributed by atoms with van der Waals surface area (Å²) < 4.78 is 5.82. The van der Waals surface area contributed by atoms with Crippen molar-refractivity contribution in [2.75, 3.05) is 26.7 Å². The average molecular weight is 442 g/mol. The fourth-order valence-corrected chi connectivity index (χ4v) is 4.85. The van der Waals surface area contributed by atoms with Gasteiger partial charge >= 0.3 is 0 Å². The molecule has 0 saturated carbocycles. The van der Waals surface area contributed by atoms with E-state index in [0.29, 0.717) is 30.7 Å². The number of aromatic nitrogens is 1. The number of aliphatic hydroxyl groups is 1. The predicted molar refractivity (Wildman–Crippen MR) is 123 cm³/mol. The quantitative estimate of drug-likeness (QED) is 0.632. The summed E-state index contributed by atoms with van der Waals surface area (Å²) in [6, 6.07) is 7.53. The van der Waals surface area contributed by atoms with Crippen LogP contribution >= 0.6 is 11.3 Å². The number of carbonyl (C=O) groups is 1. The van der Waals surface area contributed by atoms with Crippen molar-refractivity contribution in [3.8, 4) is 0 Å². The Morgan fingerprint density at radius 1 is 1.29 bits per heavy atom. The molecule has 0 bridgehead atoms. The van der Waals surface area contributed by atoms with E-state index >= 15 is 0 Å². The second-order valence-corrected chi connectivity index (χ2v) is 10.6. The lowest BCUT2D eigenvalue weighted by Crippen LogP contribution is -2.45. The second-order valence-electron chi connectivity index (χ2n) is 9.87. The third kappa shape index (κ3) is 5.00. The summed E-state index contributed by atoms with van der Waals surface area (Å²) in [6.07, 6.45) is 1.41. The number of nitrogens with zero attached hydrogens (tertiary/aromatic N) is 3. The van der Waals surface area contributed by atoms with Crippen LogP contribution in [-0.2, 0) is 12.1 Å². The van der Waals surface area contributed by atoms with E-state index in [4.69, 9.17) is 4.42 Å². The molecule has 0 radical (unpaired) electrons. The van der Waals surface area contributed by atoms with Crippen molar-refractivity contribution < 1.29 is 14.3 Å². The fraction of sp³-hybridized carbons (Fsp3) is 0.500. The highest BCUT2D eigenvalue weighted by molar-refractivity contribution is 7.07. The average Bonchev–Trinajstić information content (AvgIpc) is 3.37. The molecule has 4 rings (SSSR count). The van der Waals surface area contributed by atoms with Crippen LogP contribution in [-0.4, -0.2) is 52.5 Å². The van der Waals surface area contributed by atoms with E-state index in [0.717, 1.165) is 36.3 Å². The molecule has 3 heterocycles. The highest BCUT2D eigenvalue weighted by Crippen LogP contribution is 2.36. The molecule has 1 N–H and O–H groups in total. The largest absolute Gasteiger partial charge is 0.451 e. The lowest BCUT2D eigenvalue weighted by molar-refractivity contribution is -0.0316. The van der Waals surface area contributed by atoms with Crippen LogP contribution in [0.15, 0.2) is 39.6 Å². The van der Waals surface area contributed by atoms with Crippen molar-refractivity contribution in [2.24, 2.45) is 5.41 Å². The van der Waals surface area contributed by atoms with E-state index in [1.807, 2.05) is 23.6 Å². The van der Waals surface area contributed by atoms with Gasteiger partial charge in [0.2, 0.25) is 0 Å². The Kier molecular flexibility index (Phi) is 5.94. The topological polar surface area (TPSA) is 69.8 Å². The number of furan rings is 1. The summed E-state index contributed by atoms with van der Waals surface area (Å²) in [5.74, 6) is 0.122. The number of rotatable bonds is 5. The maximum atomic E-state index is 12.8. The Bertz CT molecular complexity index is 1040. The van der Waals surface area contributed by atoms with Gasteiger partial charge in [-0.05, 0) is 42.0 Å². The minimum Gasteiger partial charge on any atom is -0.451 e. The highest BCUT2D eigenvalue weighted by Gasteiger charge is 2.35. The molecule has 1 aliphatic heterocycles. The van der Waals surface area contributed by atoms with Crippen LogP contribution in [0.2, 0.25) is 0 Å². The van der Waals surface area contributed by atoms with E-state index < -0.39 is 5.60 Å². The molecule has 1 fully saturated rings. The van der Waals surface area contributed by atoms with Gasteiger partial charge in [0.1, 0.15) is 5.58 Å². The minimum absolute atomic E-state index is 0.181. The summed E-state index contributed by atoms with van der Waals surface area (Å²) in [5, 5.41) is 14.1. The number of thiazole rings is 1. The molecule has 2 aromatic heterocycles. The number of likely N-dealkylation sites (tertiary alicyclic amines) is 1. The normalized spacial score (nSPS) is 17.2. The summed E-state index contributed by atoms with van der Waals surface area (Å²) in [4.78, 5) is 21.1. The lowest BCUT2D eigenvalue weighted by Gasteiger charge is -2.40. The summed E-state index contributed by atoms with van der Waals surface area (Å²) in [5.41, 5.74) is 3.58. The van der Waals surface area contributed by atoms with Crippen molar-refractivity contribution >= 4 is 28.2 Å². The fourth-order valence-electron chi connectivity index (χ4n) is 4.30. The number of amides is 1. The molecular weight excluding hydrogens is 410 g/mol. The molecule has 0 aliphatic carbocycles. The SMILES string of the molecule is CN(Cc1cscn1)C(=O)c1cc2cc(C3(O)CCN(CC(C)(C)C)CC3)ccc2o1. The predicted octanol–water partition coefficient (Wildman–Crippen LogP) is 4.49. The molecule has 0 unspecified atom stereocenters. The van der Waals surface area contributed by atoms with Crippen LogP contribution in [0.5, 0.6) is 0 Å². The van der Waals surface area contributed by atoms with Gasteiger partial charge in [-0.3, -0.25) is 4.79 Å². The molecule has 0 atom stereocenters. The van der Waals surface area contributed by atoms with Crippen molar-refractivity contribution in [3.05, 3.63) is 52.2 Å². The Morgan fingerprint density at radius 3 is 2.68 bits per heavy atom. The van der Waals surface area contributed by atoms with Crippen molar-refractivity contribution in [1.29, 1.82) is 0 Å². The standard InChI is InChI=1S/C24H31N3O3S/c1-23(2,3)15-27-9-7-24(29,8-10-27)18-5-6-20-17(11-18)12-21(30-20)22(28)26(4)13-19-14-31-16-25-19/h5-6,11-12,14,16,29H,7-10,13,15H2,1-4H3. The molecule has 3 aromatic rings. The van der Waals surface area contributed by atoms with Crippen molar-refractivity contribution in [3.63, 3.8) is 0 Å². The van der Waals surface area contributed by atoms with Crippen LogP contribution < -0.4 is 0 Å². The number of hydrogen-bond donors (Lipinski definition) is 1. The molecule has 1 saturated heterocycles. The van der Waals surface area contributed by atoms with Gasteiger partial charge in [-0.15, -0.1) is 11.3 Å². The first-order chi connectivity index (χ1) is 14.6. The minimum atomic E-state index is -0.842. The van der Waals surface area contributed by atoms with E-state index in [1.54, 1.807) is 23.5 Å². The zero-order chi connectivity index (χ0) is 22.2. The van der Waals surface area contributed by atoms with Gasteiger partial charge in [-0.2, -0.15) is 0 Å². The van der Waals surface area contributed by atoms with Gasteiger partial charge < -0.3 is 19.3 Å². The van der Waals surface area contributed by atoms with Gasteiger partial charge in [-0.25, -0.2) is 4.98 Å². The molecule has 1 amide bonds. The van der Waals surface area contributed by atoms with E-state index in [-0.39, 0.29) is 11.3 Å². The molecule has 1 aliphatic rings. The highest BCUT2D eigenvalue weighted by atomic mass is 32.1. The second kappa shape index (κ2) is 8.37. The van der Waals surface area contributed by atoms with Gasteiger partial charge in [0.25, 0.3) is 5.91 Å². The first-order valence-electron chi connectivity index (χ1n) is 10.7. The van der Waals surface area contributed by atoms with E-state index in [2.05, 4.69) is 30.7 Å². The van der Waals surface area contributed by atoms with Crippen LogP contribution in [0.4, 0.5) is 0 Å². The third-order valence-electron chi connectivity index (χ3n) is 5.87. The third-order valence-corrected chi connectivity index (χ3v) is 6.51. The summed E-state index contributed by atoms with van der Waals surface area (Å²) >= 11 is 1.51. The van der Waals surface area contributed by atoms with Crippen molar-refractivity contribution in [1.82, 2.24) is 14.8 Å². The van der Waals surface area contributed by atoms with Gasteiger partial charge in [0, 0.05) is 37.4 Å². The van der Waals surface area contributed by atoms with Crippen LogP contribution in [0, 0.1) is 5.41 Å². The Labute approximate surface area is 187 Å². The number of fused-ring (bicyclic) bond motifs is 1. The Balaban J connectivity index is 1.48. The molecule has 166 valence electrons. The van der Waals surface area contributed by atoms with Gasteiger partial charge in [0.15, 0.2) is 5.76 Å². The van der Waals surface area contributed by atoms with Crippen LogP contribution in [0.1, 0.15) is 55.4 Å². The van der Waals surface area contributed by atoms with Crippen molar-refractivity contribution in [2.45, 2.75) is 45.8 Å². The maximum Gasteiger partial charge on any atom is 0.289 e. The first-order valence-corrected chi connectivity index (χ1v) is 11.7. The van der Waals surface area contributed by atoms with E-state index in [9.17, 15) is 9.90 Å². The Morgan fingerprint density at radius 2 is 2.03 bits per heavy atom. The molecule has 7 heteroatoms. The number of benzene rings is 1. The first kappa shape index (κ1) is 22.0. The Hall–Kier alpha value is -2.22. The van der Waals surface area contributed by atoms with Crippen LogP contribution in [0.3, 0.4) is 0 Å². The molecule has 31 heavy (non-hydrogen) atoms. The maximum absolute atomic E-state index is 12.8. The number of hydrogen-bond acceptors (Lipinski definition) is 6. The van der Waals surface area contributed by atoms with Crippen LogP contribution in [0.25, 0.3) is 11.0 Å². The molecule has 6 nitrogen and oxygen atoms in total. The van der Waals surface area contributed by atoms with E-state index in [1.165, 1.54) is 11.3 Å². The number of carbonyl (C=O) groups excluding carboxylic acids is 1. The van der Waals surface area contributed by atoms with Gasteiger partial charge in [-0.1, -0.05) is 26.8 Å². The lowest BCUT2D eigenvalue weighted by atomic mass is 9.83. The smallest absolute Gasteiger partial charge is 0.289 e. The molecule has 0 spiro atoms. The molecule has 1 aromatic carbocycles. The zero-order valence-electron chi connectivity index (χ0n) is 18.7. The molecular formula is C24H31N3O3S. The number of piperidine rings is 1.